The second-order valence-corrected chi connectivity index (χ2v) is 15.3. The summed E-state index contributed by atoms with van der Waals surface area (Å²) < 4.78 is 5.55. The van der Waals surface area contributed by atoms with Crippen molar-refractivity contribution in [2.24, 2.45) is 28.2 Å². The van der Waals surface area contributed by atoms with E-state index >= 15 is 0 Å². The Hall–Kier alpha value is -0.520. The van der Waals surface area contributed by atoms with Crippen LogP contribution in [0.4, 0.5) is 0 Å². The maximum Gasteiger partial charge on any atom is 0.227 e. The Labute approximate surface area is 252 Å². The van der Waals surface area contributed by atoms with E-state index in [1.807, 2.05) is 0 Å². The van der Waals surface area contributed by atoms with Crippen molar-refractivity contribution in [1.82, 2.24) is 25.8 Å². The fourth-order valence-electron chi connectivity index (χ4n) is 9.32. The van der Waals surface area contributed by atoms with Gasteiger partial charge in [-0.1, -0.05) is 19.3 Å². The molecule has 2 spiro atoms. The molecule has 1 aliphatic carbocycles. The highest BCUT2D eigenvalue weighted by atomic mass is 35.5. The predicted octanol–water partition coefficient (Wildman–Crippen LogP) is 1.58. The molecule has 41 heavy (non-hydrogen) atoms. The number of ether oxygens (including phenoxy) is 1. The van der Waals surface area contributed by atoms with Crippen LogP contribution in [0.15, 0.2) is 0 Å². The molecule has 1 amide bonds. The zero-order valence-corrected chi connectivity index (χ0v) is 25.9. The fraction of sp³-hybridized carbons (Fsp3) is 0.968. The third-order valence-corrected chi connectivity index (χ3v) is 12.2. The van der Waals surface area contributed by atoms with Gasteiger partial charge in [0.05, 0.1) is 31.3 Å². The first-order chi connectivity index (χ1) is 19.9. The fourth-order valence-corrected chi connectivity index (χ4v) is 9.52. The van der Waals surface area contributed by atoms with Gasteiger partial charge in [0, 0.05) is 61.6 Å². The van der Waals surface area contributed by atoms with Gasteiger partial charge < -0.3 is 32.2 Å². The maximum atomic E-state index is 14.0. The largest absolute Gasteiger partial charge is 0.380 e. The maximum absolute atomic E-state index is 14.0. The number of amides is 1. The van der Waals surface area contributed by atoms with E-state index in [1.54, 1.807) is 0 Å². The highest BCUT2D eigenvalue weighted by molar-refractivity contribution is 6.20. The number of carbonyl (C=O) groups excluding carboxylic acids is 1. The molecular weight excluding hydrogens is 538 g/mol. The summed E-state index contributed by atoms with van der Waals surface area (Å²) in [6.07, 6.45) is 13.5. The minimum Gasteiger partial charge on any atom is -0.380 e. The molecule has 0 aromatic rings. The number of piperidine rings is 2. The first-order valence-electron chi connectivity index (χ1n) is 16.8. The summed E-state index contributed by atoms with van der Waals surface area (Å²) >= 11 is 6.71. The van der Waals surface area contributed by atoms with Crippen molar-refractivity contribution in [1.29, 1.82) is 0 Å². The van der Waals surface area contributed by atoms with E-state index in [0.29, 0.717) is 24.0 Å². The second kappa shape index (κ2) is 13.2. The number of nitrogens with zero attached hydrogens (tertiary/aromatic N) is 2. The van der Waals surface area contributed by atoms with Crippen LogP contribution >= 0.6 is 11.6 Å². The number of likely N-dealkylation sites (tertiary alicyclic amines) is 2. The molecule has 5 atom stereocenters. The Kier molecular flexibility index (Phi) is 9.84. The predicted molar refractivity (Wildman–Crippen MR) is 164 cm³/mol. The molecular formula is C31H56ClN7O2. The van der Waals surface area contributed by atoms with Gasteiger partial charge in [0.25, 0.3) is 0 Å². The molecule has 0 bridgehead atoms. The van der Waals surface area contributed by atoms with E-state index < -0.39 is 12.1 Å². The summed E-state index contributed by atoms with van der Waals surface area (Å²) in [4.78, 5) is 19.4. The number of nitrogens with one attached hydrogen (secondary N) is 3. The topological polar surface area (TPSA) is 121 Å². The van der Waals surface area contributed by atoms with Gasteiger partial charge in [0.2, 0.25) is 5.91 Å². The van der Waals surface area contributed by atoms with Gasteiger partial charge in [-0.15, -0.1) is 11.6 Å². The van der Waals surface area contributed by atoms with Crippen LogP contribution in [0.2, 0.25) is 0 Å². The molecule has 7 N–H and O–H groups in total. The van der Waals surface area contributed by atoms with Crippen molar-refractivity contribution >= 4 is 17.5 Å². The average Bonchev–Trinajstić information content (AvgIpc) is 3.42. The Morgan fingerprint density at radius 2 is 1.71 bits per heavy atom. The average molecular weight is 594 g/mol. The van der Waals surface area contributed by atoms with Gasteiger partial charge in [-0.25, -0.2) is 0 Å². The molecule has 0 aromatic carbocycles. The summed E-state index contributed by atoms with van der Waals surface area (Å²) in [7, 11) is 0. The molecule has 5 saturated heterocycles. The summed E-state index contributed by atoms with van der Waals surface area (Å²) in [5.74, 6) is -0.462. The molecule has 6 rings (SSSR count). The quantitative estimate of drug-likeness (QED) is 0.233. The van der Waals surface area contributed by atoms with E-state index in [9.17, 15) is 4.79 Å². The Morgan fingerprint density at radius 3 is 2.39 bits per heavy atom. The number of nitrogens with two attached hydrogens (primary N) is 2. The first-order valence-corrected chi connectivity index (χ1v) is 17.2. The molecule has 234 valence electrons. The Balaban J connectivity index is 1.08. The van der Waals surface area contributed by atoms with Gasteiger partial charge in [0.15, 0.2) is 0 Å². The van der Waals surface area contributed by atoms with Crippen molar-refractivity contribution < 1.29 is 9.53 Å². The van der Waals surface area contributed by atoms with E-state index in [1.165, 1.54) is 64.5 Å². The van der Waals surface area contributed by atoms with Crippen molar-refractivity contribution in [2.45, 2.75) is 113 Å². The van der Waals surface area contributed by atoms with Gasteiger partial charge in [-0.2, -0.15) is 0 Å². The molecule has 6 fully saturated rings. The highest BCUT2D eigenvalue weighted by Crippen LogP contribution is 2.46. The van der Waals surface area contributed by atoms with E-state index in [0.717, 1.165) is 65.1 Å². The van der Waals surface area contributed by atoms with Crippen LogP contribution in [0.5, 0.6) is 0 Å². The lowest BCUT2D eigenvalue weighted by Gasteiger charge is -2.47. The SMILES string of the molecule is NC(N)C(C(=O)NC1CNCCC1N1CCC(N2CCC3(COC3)C2)CC1)C1CC2(CCCCC2)CCC(Cl)CN1. The third kappa shape index (κ3) is 6.93. The van der Waals surface area contributed by atoms with Gasteiger partial charge in [0.1, 0.15) is 0 Å². The molecule has 10 heteroatoms. The monoisotopic (exact) mass is 593 g/mol. The van der Waals surface area contributed by atoms with Crippen LogP contribution in [0.3, 0.4) is 0 Å². The lowest BCUT2D eigenvalue weighted by atomic mass is 9.65. The van der Waals surface area contributed by atoms with Gasteiger partial charge >= 0.3 is 0 Å². The van der Waals surface area contributed by atoms with Crippen LogP contribution in [0, 0.1) is 16.7 Å². The molecule has 5 heterocycles. The van der Waals surface area contributed by atoms with Crippen molar-refractivity contribution in [3.05, 3.63) is 0 Å². The minimum atomic E-state index is -0.711. The molecule has 1 saturated carbocycles. The van der Waals surface area contributed by atoms with Crippen LogP contribution < -0.4 is 27.4 Å². The molecule has 5 aliphatic heterocycles. The van der Waals surface area contributed by atoms with Crippen LogP contribution in [-0.2, 0) is 9.53 Å². The molecule has 9 nitrogen and oxygen atoms in total. The van der Waals surface area contributed by atoms with Crippen LogP contribution in [-0.4, -0.2) is 110 Å². The zero-order chi connectivity index (χ0) is 28.5. The van der Waals surface area contributed by atoms with Gasteiger partial charge in [-0.05, 0) is 76.3 Å². The highest BCUT2D eigenvalue weighted by Gasteiger charge is 2.47. The number of rotatable bonds is 6. The van der Waals surface area contributed by atoms with Gasteiger partial charge in [-0.3, -0.25) is 14.6 Å². The Morgan fingerprint density at radius 1 is 0.927 bits per heavy atom. The Bertz CT molecular complexity index is 875. The number of halogens is 1. The van der Waals surface area contributed by atoms with Crippen molar-refractivity contribution in [2.75, 3.05) is 59.0 Å². The van der Waals surface area contributed by atoms with E-state index in [2.05, 4.69) is 25.8 Å². The second-order valence-electron chi connectivity index (χ2n) is 14.7. The first kappa shape index (κ1) is 30.5. The number of hydrogen-bond donors (Lipinski definition) is 5. The zero-order valence-electron chi connectivity index (χ0n) is 25.1. The van der Waals surface area contributed by atoms with Crippen LogP contribution in [0.1, 0.15) is 77.0 Å². The number of carbonyl (C=O) groups is 1. The summed E-state index contributed by atoms with van der Waals surface area (Å²) in [6, 6.07) is 1.05. The third-order valence-electron chi connectivity index (χ3n) is 11.8. The number of alkyl halides is 1. The summed E-state index contributed by atoms with van der Waals surface area (Å²) in [6.45, 7) is 9.04. The number of hydrogen-bond acceptors (Lipinski definition) is 8. The molecule has 0 aromatic heterocycles. The van der Waals surface area contributed by atoms with E-state index in [4.69, 9.17) is 27.8 Å². The lowest BCUT2D eigenvalue weighted by molar-refractivity contribution is -0.128. The standard InChI is InChI=1S/C31H56ClN7O2/c32-22-4-10-30(8-2-1-3-9-30)16-24(36-17-22)27(28(33)34)29(40)37-25-18-35-12-5-26(25)38-13-6-23(7-14-38)39-15-11-31(19-39)20-41-21-31/h22-28,35-36H,1-21,33-34H2,(H,37,40). The minimum absolute atomic E-state index is 0.00817. The smallest absolute Gasteiger partial charge is 0.227 e. The normalized spacial score (nSPS) is 36.1. The summed E-state index contributed by atoms with van der Waals surface area (Å²) in [5, 5.41) is 10.8. The summed E-state index contributed by atoms with van der Waals surface area (Å²) in [5.41, 5.74) is 13.5. The lowest BCUT2D eigenvalue weighted by Crippen LogP contribution is -2.65. The van der Waals surface area contributed by atoms with E-state index in [-0.39, 0.29) is 28.8 Å². The molecule has 5 unspecified atom stereocenters. The molecule has 0 radical (unpaired) electrons. The van der Waals surface area contributed by atoms with Crippen LogP contribution in [0.25, 0.3) is 0 Å². The molecule has 6 aliphatic rings. The van der Waals surface area contributed by atoms with Crippen molar-refractivity contribution in [3.8, 4) is 0 Å². The van der Waals surface area contributed by atoms with Crippen molar-refractivity contribution in [3.63, 3.8) is 0 Å².